The van der Waals surface area contributed by atoms with Crippen molar-refractivity contribution in [2.24, 2.45) is 0 Å². The van der Waals surface area contributed by atoms with Crippen molar-refractivity contribution >= 4 is 41.4 Å². The van der Waals surface area contributed by atoms with Crippen LogP contribution in [0.5, 0.6) is 0 Å². The standard InChI is InChI=1S/C22H27ClN8O.C3H9N.CH4O.CH2O/c1-13(31-4-6-32-7-5-31)15-8-17(18-10-20(24)29-14(2)28-18)22(27-11-15)30-16-9-19(25-3)21(23)26-12-16;1-4(2)3;2*1-2/h8-13,25H,4-7H2,1-3H3,(H,27,30)(H2,24,28,29);1-3H3;2H,1H3;1H2. The summed E-state index contributed by atoms with van der Waals surface area (Å²) in [4.78, 5) is 30.2. The molecule has 40 heavy (non-hydrogen) atoms. The smallest absolute Gasteiger partial charge is 0.152 e. The molecule has 0 bridgehead atoms. The van der Waals surface area contributed by atoms with Crippen molar-refractivity contribution in [2.45, 2.75) is 19.9 Å². The first-order chi connectivity index (χ1) is 19.2. The maximum absolute atomic E-state index is 8.00. The second-order valence-electron chi connectivity index (χ2n) is 8.99. The van der Waals surface area contributed by atoms with Gasteiger partial charge in [-0.15, -0.1) is 0 Å². The number of pyridine rings is 2. The van der Waals surface area contributed by atoms with Crippen LogP contribution < -0.4 is 16.4 Å². The molecule has 3 aromatic rings. The fraction of sp³-hybridized carbons (Fsp3) is 0.444. The van der Waals surface area contributed by atoms with Gasteiger partial charge in [0.2, 0.25) is 0 Å². The van der Waals surface area contributed by atoms with Crippen LogP contribution in [0.2, 0.25) is 5.15 Å². The van der Waals surface area contributed by atoms with Gasteiger partial charge in [-0.2, -0.15) is 0 Å². The summed E-state index contributed by atoms with van der Waals surface area (Å²) in [6.07, 6.45) is 3.56. The topological polar surface area (TPSA) is 155 Å². The van der Waals surface area contributed by atoms with E-state index in [1.165, 1.54) is 0 Å². The molecule has 1 saturated heterocycles. The SMILES string of the molecule is C=O.CN(C)C.CNc1cc(Nc2ncc(C(C)N3CCOCC3)cc2-c2cc(N)nc(C)n2)cnc1Cl.CO. The Hall–Kier alpha value is -3.42. The number of aliphatic hydroxyl groups excluding tert-OH is 1. The number of halogens is 1. The Bertz CT molecular complexity index is 1150. The second kappa shape index (κ2) is 18.0. The lowest BCUT2D eigenvalue weighted by molar-refractivity contribution is -0.0980. The number of nitrogens with one attached hydrogen (secondary N) is 2. The van der Waals surface area contributed by atoms with E-state index in [2.05, 4.69) is 43.5 Å². The molecule has 0 aliphatic carbocycles. The Morgan fingerprint density at radius 1 is 1.10 bits per heavy atom. The number of nitrogens with two attached hydrogens (primary N) is 1. The molecule has 0 radical (unpaired) electrons. The first-order valence-corrected chi connectivity index (χ1v) is 12.9. The van der Waals surface area contributed by atoms with E-state index >= 15 is 0 Å². The van der Waals surface area contributed by atoms with E-state index in [1.807, 2.05) is 52.0 Å². The minimum Gasteiger partial charge on any atom is -0.400 e. The van der Waals surface area contributed by atoms with E-state index in [9.17, 15) is 0 Å². The van der Waals surface area contributed by atoms with Gasteiger partial charge >= 0.3 is 0 Å². The van der Waals surface area contributed by atoms with Crippen molar-refractivity contribution in [3.05, 3.63) is 47.1 Å². The number of hydrogen-bond acceptors (Lipinski definition) is 12. The van der Waals surface area contributed by atoms with E-state index in [0.29, 0.717) is 28.3 Å². The molecule has 5 N–H and O–H groups in total. The largest absolute Gasteiger partial charge is 0.400 e. The summed E-state index contributed by atoms with van der Waals surface area (Å²) in [7, 11) is 8.80. The molecule has 0 spiro atoms. The van der Waals surface area contributed by atoms with Gasteiger partial charge in [0.25, 0.3) is 0 Å². The summed E-state index contributed by atoms with van der Waals surface area (Å²) in [5.74, 6) is 1.66. The number of morpholine rings is 1. The number of rotatable bonds is 6. The molecule has 1 aliphatic heterocycles. The quantitative estimate of drug-likeness (QED) is 0.319. The van der Waals surface area contributed by atoms with E-state index in [1.54, 1.807) is 19.3 Å². The van der Waals surface area contributed by atoms with E-state index in [0.717, 1.165) is 55.9 Å². The fourth-order valence-electron chi connectivity index (χ4n) is 3.74. The molecule has 1 aliphatic rings. The third-order valence-electron chi connectivity index (χ3n) is 5.49. The van der Waals surface area contributed by atoms with E-state index in [-0.39, 0.29) is 6.04 Å². The normalized spacial score (nSPS) is 13.4. The van der Waals surface area contributed by atoms with Crippen molar-refractivity contribution in [3.8, 4) is 11.3 Å². The molecule has 0 aromatic carbocycles. The Kier molecular flexibility index (Phi) is 15.6. The molecular formula is C27H42ClN9O3. The van der Waals surface area contributed by atoms with Crippen LogP contribution in [-0.2, 0) is 9.53 Å². The van der Waals surface area contributed by atoms with Crippen LogP contribution in [0.4, 0.5) is 23.0 Å². The minimum atomic E-state index is 0.188. The highest BCUT2D eigenvalue weighted by Gasteiger charge is 2.21. The number of carbonyl (C=O) groups excluding carboxylic acids is 1. The van der Waals surface area contributed by atoms with Crippen LogP contribution in [0.15, 0.2) is 30.6 Å². The molecule has 1 fully saturated rings. The lowest BCUT2D eigenvalue weighted by Crippen LogP contribution is -2.38. The summed E-state index contributed by atoms with van der Waals surface area (Å²) < 4.78 is 5.50. The summed E-state index contributed by atoms with van der Waals surface area (Å²) in [6, 6.07) is 5.94. The Labute approximate surface area is 242 Å². The van der Waals surface area contributed by atoms with Gasteiger partial charge in [-0.1, -0.05) is 11.6 Å². The van der Waals surface area contributed by atoms with Crippen molar-refractivity contribution in [1.29, 1.82) is 0 Å². The van der Waals surface area contributed by atoms with Crippen molar-refractivity contribution < 1.29 is 14.6 Å². The van der Waals surface area contributed by atoms with Gasteiger partial charge in [-0.05, 0) is 52.7 Å². The number of anilines is 4. The predicted molar refractivity (Wildman–Crippen MR) is 162 cm³/mol. The number of ether oxygens (including phenoxy) is 1. The maximum Gasteiger partial charge on any atom is 0.152 e. The third kappa shape index (κ3) is 10.6. The highest BCUT2D eigenvalue weighted by atomic mass is 35.5. The van der Waals surface area contributed by atoms with Crippen LogP contribution in [-0.4, -0.2) is 103 Å². The minimum absolute atomic E-state index is 0.188. The van der Waals surface area contributed by atoms with Gasteiger partial charge in [0, 0.05) is 51.1 Å². The van der Waals surface area contributed by atoms with E-state index < -0.39 is 0 Å². The zero-order valence-electron chi connectivity index (χ0n) is 24.4. The van der Waals surface area contributed by atoms with Gasteiger partial charge in [-0.25, -0.2) is 19.9 Å². The Morgan fingerprint density at radius 3 is 2.30 bits per heavy atom. The van der Waals surface area contributed by atoms with Crippen LogP contribution in [0.3, 0.4) is 0 Å². The van der Waals surface area contributed by atoms with Crippen molar-refractivity contribution in [3.63, 3.8) is 0 Å². The molecule has 3 aromatic heterocycles. The first kappa shape index (κ1) is 34.6. The average Bonchev–Trinajstić information content (AvgIpc) is 2.95. The van der Waals surface area contributed by atoms with Gasteiger partial charge in [0.1, 0.15) is 24.2 Å². The first-order valence-electron chi connectivity index (χ1n) is 12.6. The summed E-state index contributed by atoms with van der Waals surface area (Å²) in [6.45, 7) is 9.26. The Balaban J connectivity index is 0.000000902. The number of carbonyl (C=O) groups is 1. The van der Waals surface area contributed by atoms with Gasteiger partial charge in [0.05, 0.1) is 36.5 Å². The number of aryl methyl sites for hydroxylation is 1. The second-order valence-corrected chi connectivity index (χ2v) is 9.35. The molecule has 0 amide bonds. The highest BCUT2D eigenvalue weighted by molar-refractivity contribution is 6.32. The molecule has 1 unspecified atom stereocenters. The highest BCUT2D eigenvalue weighted by Crippen LogP contribution is 2.33. The fourth-order valence-corrected chi connectivity index (χ4v) is 3.93. The number of nitrogens with zero attached hydrogens (tertiary/aromatic N) is 6. The van der Waals surface area contributed by atoms with Crippen LogP contribution >= 0.6 is 11.6 Å². The molecule has 220 valence electrons. The number of hydrogen-bond donors (Lipinski definition) is 4. The zero-order chi connectivity index (χ0) is 30.2. The zero-order valence-corrected chi connectivity index (χ0v) is 25.2. The molecular weight excluding hydrogens is 534 g/mol. The van der Waals surface area contributed by atoms with Crippen molar-refractivity contribution in [2.75, 3.05) is 78.0 Å². The molecule has 4 heterocycles. The monoisotopic (exact) mass is 575 g/mol. The molecule has 12 nitrogen and oxygen atoms in total. The summed E-state index contributed by atoms with van der Waals surface area (Å²) >= 11 is 6.13. The molecule has 4 rings (SSSR count). The summed E-state index contributed by atoms with van der Waals surface area (Å²) in [5.41, 5.74) is 10.1. The summed E-state index contributed by atoms with van der Waals surface area (Å²) in [5, 5.41) is 13.8. The Morgan fingerprint density at radius 2 is 1.73 bits per heavy atom. The predicted octanol–water partition coefficient (Wildman–Crippen LogP) is 3.26. The van der Waals surface area contributed by atoms with E-state index in [4.69, 9.17) is 37.0 Å². The van der Waals surface area contributed by atoms with Crippen LogP contribution in [0.25, 0.3) is 11.3 Å². The molecule has 13 heteroatoms. The lowest BCUT2D eigenvalue weighted by atomic mass is 10.0. The molecule has 1 atom stereocenters. The lowest BCUT2D eigenvalue weighted by Gasteiger charge is -2.32. The number of aromatic nitrogens is 4. The van der Waals surface area contributed by atoms with Gasteiger partial charge < -0.3 is 35.9 Å². The van der Waals surface area contributed by atoms with Crippen LogP contribution in [0.1, 0.15) is 24.4 Å². The third-order valence-corrected chi connectivity index (χ3v) is 5.79. The van der Waals surface area contributed by atoms with Crippen molar-refractivity contribution in [1.82, 2.24) is 29.7 Å². The maximum atomic E-state index is 8.00. The van der Waals surface area contributed by atoms with Gasteiger partial charge in [-0.3, -0.25) is 4.90 Å². The molecule has 0 saturated carbocycles. The van der Waals surface area contributed by atoms with Crippen LogP contribution in [0, 0.1) is 6.92 Å². The van der Waals surface area contributed by atoms with Gasteiger partial charge in [0.15, 0.2) is 5.15 Å². The average molecular weight is 576 g/mol. The number of aliphatic hydroxyl groups is 1. The number of nitrogen functional groups attached to an aromatic ring is 1.